The number of nitrogens with one attached hydrogen (secondary N) is 1. The van der Waals surface area contributed by atoms with Crippen LogP contribution in [0.15, 0.2) is 28.7 Å². The lowest BCUT2D eigenvalue weighted by molar-refractivity contribution is -0.0110. The Balaban J connectivity index is 1.59. The highest BCUT2D eigenvalue weighted by Crippen LogP contribution is 2.20. The summed E-state index contributed by atoms with van der Waals surface area (Å²) in [5.41, 5.74) is 1.37. The van der Waals surface area contributed by atoms with E-state index in [0.717, 1.165) is 43.4 Å². The van der Waals surface area contributed by atoms with Gasteiger partial charge in [0, 0.05) is 36.2 Å². The van der Waals surface area contributed by atoms with Crippen molar-refractivity contribution in [3.63, 3.8) is 0 Å². The molecule has 2 fully saturated rings. The molecule has 0 spiro atoms. The third-order valence-corrected chi connectivity index (χ3v) is 4.34. The molecule has 1 unspecified atom stereocenters. The minimum atomic E-state index is 0.508. The summed E-state index contributed by atoms with van der Waals surface area (Å²) in [6.45, 7) is 4.81. The molecule has 1 saturated heterocycles. The van der Waals surface area contributed by atoms with Gasteiger partial charge in [0.1, 0.15) is 0 Å². The predicted octanol–water partition coefficient (Wildman–Crippen LogP) is 2.40. The van der Waals surface area contributed by atoms with E-state index in [9.17, 15) is 0 Å². The Morgan fingerprint density at radius 2 is 2.26 bits per heavy atom. The molecule has 0 radical (unpaired) electrons. The monoisotopic (exact) mass is 324 g/mol. The highest BCUT2D eigenvalue weighted by atomic mass is 79.9. The minimum Gasteiger partial charge on any atom is -0.378 e. The summed E-state index contributed by atoms with van der Waals surface area (Å²) < 4.78 is 6.79. The molecule has 1 atom stereocenters. The summed E-state index contributed by atoms with van der Waals surface area (Å²) in [5.74, 6) is 0. The van der Waals surface area contributed by atoms with Crippen LogP contribution in [0.5, 0.6) is 0 Å². The van der Waals surface area contributed by atoms with Crippen LogP contribution < -0.4 is 5.32 Å². The molecule has 4 heteroatoms. The lowest BCUT2D eigenvalue weighted by Crippen LogP contribution is -2.50. The van der Waals surface area contributed by atoms with E-state index in [4.69, 9.17) is 4.74 Å². The van der Waals surface area contributed by atoms with Crippen LogP contribution in [0, 0.1) is 0 Å². The van der Waals surface area contributed by atoms with E-state index >= 15 is 0 Å². The second kappa shape index (κ2) is 6.35. The van der Waals surface area contributed by atoms with E-state index in [1.807, 2.05) is 0 Å². The first-order valence-corrected chi connectivity index (χ1v) is 7.90. The Morgan fingerprint density at radius 3 is 3.05 bits per heavy atom. The van der Waals surface area contributed by atoms with Crippen molar-refractivity contribution < 1.29 is 4.74 Å². The van der Waals surface area contributed by atoms with Crippen molar-refractivity contribution in [2.75, 3.05) is 26.3 Å². The zero-order valence-corrected chi connectivity index (χ0v) is 12.7. The lowest BCUT2D eigenvalue weighted by Gasteiger charge is -2.35. The SMILES string of the molecule is Brc1cccc(CN2CCOCC2CNC2CC2)c1. The Labute approximate surface area is 123 Å². The van der Waals surface area contributed by atoms with Gasteiger partial charge in [0.05, 0.1) is 13.2 Å². The fourth-order valence-corrected chi connectivity index (χ4v) is 2.99. The first kappa shape index (κ1) is 13.6. The third-order valence-electron chi connectivity index (χ3n) is 3.84. The summed E-state index contributed by atoms with van der Waals surface area (Å²) in [6.07, 6.45) is 2.69. The average molecular weight is 325 g/mol. The molecular weight excluding hydrogens is 304 g/mol. The molecule has 1 heterocycles. The summed E-state index contributed by atoms with van der Waals surface area (Å²) in [5, 5.41) is 3.62. The van der Waals surface area contributed by atoms with Crippen LogP contribution in [-0.2, 0) is 11.3 Å². The number of rotatable bonds is 5. The molecule has 3 rings (SSSR count). The van der Waals surface area contributed by atoms with Crippen molar-refractivity contribution in [2.24, 2.45) is 0 Å². The van der Waals surface area contributed by atoms with Crippen molar-refractivity contribution in [1.82, 2.24) is 10.2 Å². The van der Waals surface area contributed by atoms with Gasteiger partial charge in [-0.1, -0.05) is 28.1 Å². The maximum Gasteiger partial charge on any atom is 0.0635 e. The van der Waals surface area contributed by atoms with Gasteiger partial charge < -0.3 is 10.1 Å². The third kappa shape index (κ3) is 4.02. The van der Waals surface area contributed by atoms with Crippen molar-refractivity contribution in [2.45, 2.75) is 31.5 Å². The van der Waals surface area contributed by atoms with Gasteiger partial charge in [-0.15, -0.1) is 0 Å². The van der Waals surface area contributed by atoms with Crippen molar-refractivity contribution >= 4 is 15.9 Å². The van der Waals surface area contributed by atoms with Crippen LogP contribution >= 0.6 is 15.9 Å². The molecule has 1 N–H and O–H groups in total. The number of hydrogen-bond acceptors (Lipinski definition) is 3. The van der Waals surface area contributed by atoms with Crippen LogP contribution in [0.1, 0.15) is 18.4 Å². The molecule has 0 bridgehead atoms. The second-order valence-electron chi connectivity index (χ2n) is 5.51. The first-order valence-electron chi connectivity index (χ1n) is 7.11. The van der Waals surface area contributed by atoms with Gasteiger partial charge in [0.15, 0.2) is 0 Å². The smallest absolute Gasteiger partial charge is 0.0635 e. The quantitative estimate of drug-likeness (QED) is 0.900. The predicted molar refractivity (Wildman–Crippen MR) is 80.2 cm³/mol. The molecule has 3 nitrogen and oxygen atoms in total. The molecule has 1 aliphatic carbocycles. The first-order chi connectivity index (χ1) is 9.31. The zero-order valence-electron chi connectivity index (χ0n) is 11.1. The molecule has 19 heavy (non-hydrogen) atoms. The van der Waals surface area contributed by atoms with Crippen LogP contribution in [0.2, 0.25) is 0 Å². The van der Waals surface area contributed by atoms with E-state index in [1.165, 1.54) is 18.4 Å². The van der Waals surface area contributed by atoms with Crippen molar-refractivity contribution in [3.05, 3.63) is 34.3 Å². The molecule has 1 aromatic rings. The normalized spacial score (nSPS) is 24.6. The minimum absolute atomic E-state index is 0.508. The number of nitrogens with zero attached hydrogens (tertiary/aromatic N) is 1. The second-order valence-corrected chi connectivity index (χ2v) is 6.43. The maximum absolute atomic E-state index is 5.64. The maximum atomic E-state index is 5.64. The largest absolute Gasteiger partial charge is 0.378 e. The van der Waals surface area contributed by atoms with Gasteiger partial charge in [0.25, 0.3) is 0 Å². The summed E-state index contributed by atoms with van der Waals surface area (Å²) >= 11 is 3.54. The van der Waals surface area contributed by atoms with Crippen molar-refractivity contribution in [3.8, 4) is 0 Å². The van der Waals surface area contributed by atoms with Gasteiger partial charge >= 0.3 is 0 Å². The molecule has 1 saturated carbocycles. The van der Waals surface area contributed by atoms with Gasteiger partial charge in [-0.05, 0) is 30.5 Å². The Morgan fingerprint density at radius 1 is 1.37 bits per heavy atom. The number of halogens is 1. The molecule has 1 aliphatic heterocycles. The van der Waals surface area contributed by atoms with Crippen LogP contribution in [0.4, 0.5) is 0 Å². The summed E-state index contributed by atoms with van der Waals surface area (Å²) in [7, 11) is 0. The number of morpholine rings is 1. The van der Waals surface area contributed by atoms with Crippen LogP contribution in [-0.4, -0.2) is 43.3 Å². The highest BCUT2D eigenvalue weighted by Gasteiger charge is 2.26. The van der Waals surface area contributed by atoms with Gasteiger partial charge in [-0.3, -0.25) is 4.90 Å². The molecule has 104 valence electrons. The van der Waals surface area contributed by atoms with Crippen LogP contribution in [0.25, 0.3) is 0 Å². The Bertz CT molecular complexity index is 422. The lowest BCUT2D eigenvalue weighted by atomic mass is 10.1. The average Bonchev–Trinajstić information content (AvgIpc) is 3.22. The molecule has 2 aliphatic rings. The number of benzene rings is 1. The zero-order chi connectivity index (χ0) is 13.1. The Kier molecular flexibility index (Phi) is 4.53. The van der Waals surface area contributed by atoms with E-state index in [-0.39, 0.29) is 0 Å². The standard InChI is InChI=1S/C15H21BrN2O/c16-13-3-1-2-12(8-13)10-18-6-7-19-11-15(18)9-17-14-4-5-14/h1-3,8,14-15,17H,4-7,9-11H2. The molecular formula is C15H21BrN2O. The molecule has 0 aromatic heterocycles. The topological polar surface area (TPSA) is 24.5 Å². The van der Waals surface area contributed by atoms with Gasteiger partial charge in [0.2, 0.25) is 0 Å². The van der Waals surface area contributed by atoms with Crippen LogP contribution in [0.3, 0.4) is 0 Å². The number of hydrogen-bond donors (Lipinski definition) is 1. The number of ether oxygens (including phenoxy) is 1. The van der Waals surface area contributed by atoms with E-state index < -0.39 is 0 Å². The van der Waals surface area contributed by atoms with E-state index in [0.29, 0.717) is 6.04 Å². The van der Waals surface area contributed by atoms with Gasteiger partial charge in [-0.25, -0.2) is 0 Å². The molecule has 1 aromatic carbocycles. The summed E-state index contributed by atoms with van der Waals surface area (Å²) in [6, 6.07) is 9.88. The van der Waals surface area contributed by atoms with E-state index in [1.54, 1.807) is 0 Å². The fourth-order valence-electron chi connectivity index (χ4n) is 2.55. The summed E-state index contributed by atoms with van der Waals surface area (Å²) in [4.78, 5) is 2.54. The van der Waals surface area contributed by atoms with Crippen molar-refractivity contribution in [1.29, 1.82) is 0 Å². The van der Waals surface area contributed by atoms with Gasteiger partial charge in [-0.2, -0.15) is 0 Å². The Hall–Kier alpha value is -0.420. The van der Waals surface area contributed by atoms with E-state index in [2.05, 4.69) is 50.4 Å². The highest BCUT2D eigenvalue weighted by molar-refractivity contribution is 9.10. The fraction of sp³-hybridized carbons (Fsp3) is 0.600. The molecule has 0 amide bonds.